The lowest BCUT2D eigenvalue weighted by Gasteiger charge is -2.50. The van der Waals surface area contributed by atoms with Crippen molar-refractivity contribution in [2.45, 2.75) is 154 Å². The lowest BCUT2D eigenvalue weighted by Crippen LogP contribution is -2.68. The first-order valence-electron chi connectivity index (χ1n) is 18.7. The fourth-order valence-corrected chi connectivity index (χ4v) is 7.27. The summed E-state index contributed by atoms with van der Waals surface area (Å²) in [5.41, 5.74) is 0. The molecule has 0 aromatic rings. The highest BCUT2D eigenvalue weighted by atomic mass is 16.8. The number of aliphatic hydroxyl groups excluding tert-OH is 17. The van der Waals surface area contributed by atoms with Crippen molar-refractivity contribution in [1.29, 1.82) is 0 Å². The van der Waals surface area contributed by atoms with E-state index in [1.54, 1.807) is 0 Å². The standard InChI is InChI=1S/C32H56O27/c33-1-2-50-28-22(48)24(16(42)11(6-37)51-28)56-30-23(49)25(17(43)12(7-38)53-30)57-31-27(20(46)15(41)9(4-35)54-31)59-32-26(19(45)14(40)10(5-36)55-32)58-29-21(47)18(44)13(39)8(3-34)52-29/h8-49H,1-7H2/t8?,9?,10?,11?,12?,13-,14-,15-,16-,17-,18+,19+,20+,21?,22?,23?,24+,25+,26?,27?,28+,29-,30-,31-,32-/m1/s1. The van der Waals surface area contributed by atoms with Gasteiger partial charge in [0.1, 0.15) is 122 Å². The maximum Gasteiger partial charge on any atom is 0.187 e. The van der Waals surface area contributed by atoms with Gasteiger partial charge in [-0.3, -0.25) is 0 Å². The summed E-state index contributed by atoms with van der Waals surface area (Å²) in [5, 5.41) is 178. The Hall–Kier alpha value is -1.08. The number of ether oxygens (including phenoxy) is 10. The van der Waals surface area contributed by atoms with E-state index in [0.717, 1.165) is 0 Å². The van der Waals surface area contributed by atoms with Crippen LogP contribution in [0.15, 0.2) is 0 Å². The largest absolute Gasteiger partial charge is 0.394 e. The Morgan fingerprint density at radius 2 is 0.593 bits per heavy atom. The molecule has 5 saturated heterocycles. The Morgan fingerprint density at radius 1 is 0.288 bits per heavy atom. The molecular weight excluding hydrogens is 816 g/mol. The molecule has 25 atom stereocenters. The van der Waals surface area contributed by atoms with Gasteiger partial charge >= 0.3 is 0 Å². The van der Waals surface area contributed by atoms with Gasteiger partial charge in [-0.25, -0.2) is 0 Å². The Balaban J connectivity index is 1.42. The smallest absolute Gasteiger partial charge is 0.187 e. The summed E-state index contributed by atoms with van der Waals surface area (Å²) in [6.45, 7) is -5.48. The summed E-state index contributed by atoms with van der Waals surface area (Å²) < 4.78 is 55.8. The molecule has 5 heterocycles. The van der Waals surface area contributed by atoms with Gasteiger partial charge in [0.2, 0.25) is 0 Å². The monoisotopic (exact) mass is 872 g/mol. The van der Waals surface area contributed by atoms with E-state index in [4.69, 9.17) is 52.5 Å². The van der Waals surface area contributed by atoms with Gasteiger partial charge in [-0.1, -0.05) is 0 Å². The maximum atomic E-state index is 11.5. The van der Waals surface area contributed by atoms with Crippen LogP contribution in [-0.4, -0.2) is 287 Å². The van der Waals surface area contributed by atoms with E-state index in [1.165, 1.54) is 0 Å². The summed E-state index contributed by atoms with van der Waals surface area (Å²) in [7, 11) is 0. The van der Waals surface area contributed by atoms with Crippen molar-refractivity contribution in [3.8, 4) is 0 Å². The second kappa shape index (κ2) is 21.5. The second-order valence-electron chi connectivity index (χ2n) is 14.5. The quantitative estimate of drug-likeness (QED) is 0.0684. The van der Waals surface area contributed by atoms with Gasteiger partial charge in [0.15, 0.2) is 31.5 Å². The zero-order valence-electron chi connectivity index (χ0n) is 31.1. The van der Waals surface area contributed by atoms with E-state index in [0.29, 0.717) is 0 Å². The molecule has 0 spiro atoms. The van der Waals surface area contributed by atoms with Crippen LogP contribution < -0.4 is 0 Å². The van der Waals surface area contributed by atoms with Crippen LogP contribution in [-0.2, 0) is 47.4 Å². The molecule has 5 aliphatic rings. The van der Waals surface area contributed by atoms with Crippen LogP contribution in [0.25, 0.3) is 0 Å². The highest BCUT2D eigenvalue weighted by Gasteiger charge is 2.57. The average molecular weight is 873 g/mol. The Labute approximate surface area is 334 Å². The fraction of sp³-hybridized carbons (Fsp3) is 1.00. The minimum Gasteiger partial charge on any atom is -0.394 e. The van der Waals surface area contributed by atoms with E-state index in [1.807, 2.05) is 0 Å². The number of rotatable bonds is 16. The van der Waals surface area contributed by atoms with Crippen LogP contribution in [0.2, 0.25) is 0 Å². The summed E-state index contributed by atoms with van der Waals surface area (Å²) in [5.74, 6) is 0. The summed E-state index contributed by atoms with van der Waals surface area (Å²) >= 11 is 0. The van der Waals surface area contributed by atoms with Crippen LogP contribution in [0.4, 0.5) is 0 Å². The first kappa shape index (κ1) is 48.9. The van der Waals surface area contributed by atoms with Crippen molar-refractivity contribution in [2.75, 3.05) is 46.2 Å². The molecule has 5 fully saturated rings. The molecule has 10 unspecified atom stereocenters. The molecule has 5 aliphatic heterocycles. The zero-order chi connectivity index (χ0) is 43.5. The number of hydrogen-bond donors (Lipinski definition) is 17. The zero-order valence-corrected chi connectivity index (χ0v) is 31.1. The van der Waals surface area contributed by atoms with Crippen molar-refractivity contribution in [2.24, 2.45) is 0 Å². The molecular formula is C32H56O27. The topological polar surface area (TPSA) is 436 Å². The molecule has 0 saturated carbocycles. The van der Waals surface area contributed by atoms with E-state index >= 15 is 0 Å². The summed E-state index contributed by atoms with van der Waals surface area (Å²) in [6.07, 6.45) is -47.3. The van der Waals surface area contributed by atoms with Crippen molar-refractivity contribution in [1.82, 2.24) is 0 Å². The lowest BCUT2D eigenvalue weighted by molar-refractivity contribution is -0.407. The number of aliphatic hydroxyl groups is 17. The Bertz CT molecular complexity index is 1260. The number of hydrogen-bond acceptors (Lipinski definition) is 27. The molecule has 0 radical (unpaired) electrons. The van der Waals surface area contributed by atoms with E-state index < -0.39 is 193 Å². The Morgan fingerprint density at radius 3 is 1.02 bits per heavy atom. The van der Waals surface area contributed by atoms with Crippen LogP contribution in [0.1, 0.15) is 0 Å². The lowest BCUT2D eigenvalue weighted by atomic mass is 9.95. The average Bonchev–Trinajstić information content (AvgIpc) is 3.23. The highest BCUT2D eigenvalue weighted by Crippen LogP contribution is 2.36. The van der Waals surface area contributed by atoms with Crippen LogP contribution in [0.3, 0.4) is 0 Å². The molecule has 0 aliphatic carbocycles. The van der Waals surface area contributed by atoms with E-state index in [9.17, 15) is 81.7 Å². The highest BCUT2D eigenvalue weighted by molar-refractivity contribution is 4.99. The van der Waals surface area contributed by atoms with Crippen molar-refractivity contribution >= 4 is 0 Å². The molecule has 27 nitrogen and oxygen atoms in total. The predicted molar refractivity (Wildman–Crippen MR) is 177 cm³/mol. The van der Waals surface area contributed by atoms with Gasteiger partial charge in [0.25, 0.3) is 0 Å². The molecule has 0 amide bonds. The second-order valence-corrected chi connectivity index (χ2v) is 14.5. The molecule has 0 aromatic carbocycles. The van der Waals surface area contributed by atoms with Crippen LogP contribution >= 0.6 is 0 Å². The van der Waals surface area contributed by atoms with Gasteiger partial charge in [-0.15, -0.1) is 0 Å². The third-order valence-electron chi connectivity index (χ3n) is 10.7. The van der Waals surface area contributed by atoms with E-state index in [-0.39, 0.29) is 6.61 Å². The van der Waals surface area contributed by atoms with Crippen molar-refractivity contribution < 1.29 is 134 Å². The van der Waals surface area contributed by atoms with Crippen molar-refractivity contribution in [3.63, 3.8) is 0 Å². The molecule has 5 rings (SSSR count). The molecule has 346 valence electrons. The minimum absolute atomic E-state index is 0.354. The molecule has 27 heteroatoms. The summed E-state index contributed by atoms with van der Waals surface area (Å²) in [6, 6.07) is 0. The maximum absolute atomic E-state index is 11.5. The molecule has 0 aromatic heterocycles. The van der Waals surface area contributed by atoms with Gasteiger partial charge in [-0.2, -0.15) is 0 Å². The van der Waals surface area contributed by atoms with Gasteiger partial charge in [0, 0.05) is 0 Å². The first-order valence-corrected chi connectivity index (χ1v) is 18.7. The predicted octanol–water partition coefficient (Wildman–Crippen LogP) is -11.9. The molecule has 59 heavy (non-hydrogen) atoms. The third-order valence-corrected chi connectivity index (χ3v) is 10.7. The fourth-order valence-electron chi connectivity index (χ4n) is 7.27. The minimum atomic E-state index is -2.16. The molecule has 17 N–H and O–H groups in total. The van der Waals surface area contributed by atoms with Crippen LogP contribution in [0, 0.1) is 0 Å². The van der Waals surface area contributed by atoms with Gasteiger partial charge < -0.3 is 134 Å². The Kier molecular flexibility index (Phi) is 17.9. The van der Waals surface area contributed by atoms with E-state index in [2.05, 4.69) is 0 Å². The summed E-state index contributed by atoms with van der Waals surface area (Å²) in [4.78, 5) is 0. The normalized spacial score (nSPS) is 51.1. The third kappa shape index (κ3) is 10.3. The van der Waals surface area contributed by atoms with Gasteiger partial charge in [0.05, 0.1) is 46.2 Å². The van der Waals surface area contributed by atoms with Crippen LogP contribution in [0.5, 0.6) is 0 Å². The SMILES string of the molecule is OCCO[C@H]1OC(CO)[C@@H](O)[C@H](O[C@H]2OC(CO)[C@@H](O)[C@H](O[C@H]3OC(CO)[C@@H](O)[C@H](O)C3O[C@H]3OC(CO)[C@@H](O)[C@H](O)C3O[C@H]3OC(CO)[C@@H](O)[C@H](O)C3O)C2O)C1O. The molecule has 0 bridgehead atoms. The van der Waals surface area contributed by atoms with Gasteiger partial charge in [-0.05, 0) is 0 Å². The first-order chi connectivity index (χ1) is 28.1. The van der Waals surface area contributed by atoms with Crippen molar-refractivity contribution in [3.05, 3.63) is 0 Å².